The zero-order valence-corrected chi connectivity index (χ0v) is 17.4. The first-order valence-corrected chi connectivity index (χ1v) is 11.0. The Kier molecular flexibility index (Phi) is 6.82. The second-order valence-corrected chi connectivity index (χ2v) is 9.12. The molecule has 9 heteroatoms. The van der Waals surface area contributed by atoms with Gasteiger partial charge in [0.25, 0.3) is 5.91 Å². The minimum absolute atomic E-state index is 0.217. The molecule has 0 radical (unpaired) electrons. The second kappa shape index (κ2) is 9.13. The van der Waals surface area contributed by atoms with E-state index >= 15 is 0 Å². The van der Waals surface area contributed by atoms with Crippen molar-refractivity contribution in [2.24, 2.45) is 0 Å². The van der Waals surface area contributed by atoms with Gasteiger partial charge in [0.15, 0.2) is 6.61 Å². The number of rotatable bonds is 6. The summed E-state index contributed by atoms with van der Waals surface area (Å²) in [5.74, 6) is -0.0435. The molecule has 0 aromatic heterocycles. The number of halogens is 2. The molecule has 2 aromatic rings. The van der Waals surface area contributed by atoms with Gasteiger partial charge >= 0.3 is 0 Å². The highest BCUT2D eigenvalue weighted by atomic mass is 35.5. The van der Waals surface area contributed by atoms with Crippen molar-refractivity contribution >= 4 is 44.8 Å². The van der Waals surface area contributed by atoms with Crippen molar-refractivity contribution in [1.29, 1.82) is 0 Å². The minimum Gasteiger partial charge on any atom is -0.484 e. The van der Waals surface area contributed by atoms with Crippen LogP contribution in [0.4, 0.5) is 5.69 Å². The number of nitrogens with zero attached hydrogens (tertiary/aromatic N) is 1. The number of anilines is 1. The van der Waals surface area contributed by atoms with Crippen LogP contribution in [0.2, 0.25) is 10.0 Å². The van der Waals surface area contributed by atoms with Gasteiger partial charge in [0.1, 0.15) is 5.75 Å². The molecule has 1 saturated heterocycles. The van der Waals surface area contributed by atoms with E-state index in [2.05, 4.69) is 5.32 Å². The van der Waals surface area contributed by atoms with Gasteiger partial charge in [0.05, 0.1) is 20.6 Å². The molecule has 0 atom stereocenters. The van der Waals surface area contributed by atoms with Gasteiger partial charge < -0.3 is 10.1 Å². The van der Waals surface area contributed by atoms with Crippen LogP contribution in [0.1, 0.15) is 19.3 Å². The number of hydrogen-bond donors (Lipinski definition) is 1. The third kappa shape index (κ3) is 4.97. The number of carbonyl (C=O) groups excluding carboxylic acids is 1. The normalized spacial score (nSPS) is 15.2. The van der Waals surface area contributed by atoms with Crippen molar-refractivity contribution in [2.45, 2.75) is 24.2 Å². The van der Waals surface area contributed by atoms with Gasteiger partial charge in [-0.3, -0.25) is 4.79 Å². The summed E-state index contributed by atoms with van der Waals surface area (Å²) in [6, 6.07) is 11.0. The Bertz CT molecular complexity index is 923. The van der Waals surface area contributed by atoms with Gasteiger partial charge in [-0.1, -0.05) is 35.7 Å². The van der Waals surface area contributed by atoms with E-state index in [0.717, 1.165) is 19.3 Å². The molecule has 0 aliphatic carbocycles. The third-order valence-corrected chi connectivity index (χ3v) is 6.92. The van der Waals surface area contributed by atoms with Crippen LogP contribution in [0.5, 0.6) is 5.75 Å². The number of carbonyl (C=O) groups is 1. The Labute approximate surface area is 174 Å². The van der Waals surface area contributed by atoms with E-state index in [1.54, 1.807) is 18.2 Å². The van der Waals surface area contributed by atoms with E-state index in [0.29, 0.717) is 34.6 Å². The second-order valence-electron chi connectivity index (χ2n) is 6.37. The van der Waals surface area contributed by atoms with Crippen molar-refractivity contribution in [1.82, 2.24) is 4.31 Å². The van der Waals surface area contributed by atoms with Gasteiger partial charge in [0, 0.05) is 13.1 Å². The van der Waals surface area contributed by atoms with Crippen molar-refractivity contribution in [2.75, 3.05) is 25.0 Å². The summed E-state index contributed by atoms with van der Waals surface area (Å²) in [7, 11) is -3.49. The van der Waals surface area contributed by atoms with E-state index < -0.39 is 15.9 Å². The molecule has 1 fully saturated rings. The van der Waals surface area contributed by atoms with Crippen LogP contribution in [0.25, 0.3) is 0 Å². The molecular weight excluding hydrogens is 423 g/mol. The molecule has 0 bridgehead atoms. The number of ether oxygens (including phenoxy) is 1. The lowest BCUT2D eigenvalue weighted by Crippen LogP contribution is -2.35. The highest BCUT2D eigenvalue weighted by Crippen LogP contribution is 2.29. The Morgan fingerprint density at radius 1 is 1.00 bits per heavy atom. The molecule has 2 aromatic carbocycles. The fraction of sp³-hybridized carbons (Fsp3) is 0.316. The molecule has 1 heterocycles. The first kappa shape index (κ1) is 20.9. The van der Waals surface area contributed by atoms with Crippen LogP contribution in [-0.2, 0) is 14.8 Å². The zero-order chi connectivity index (χ0) is 20.1. The zero-order valence-electron chi connectivity index (χ0n) is 15.0. The number of amides is 1. The first-order valence-electron chi connectivity index (χ1n) is 8.85. The Morgan fingerprint density at radius 3 is 2.21 bits per heavy atom. The van der Waals surface area contributed by atoms with E-state index in [-0.39, 0.29) is 11.5 Å². The average molecular weight is 443 g/mol. The summed E-state index contributed by atoms with van der Waals surface area (Å²) in [6.45, 7) is 0.830. The largest absolute Gasteiger partial charge is 0.484 e. The third-order valence-electron chi connectivity index (χ3n) is 4.37. The van der Waals surface area contributed by atoms with Crippen molar-refractivity contribution in [3.63, 3.8) is 0 Å². The summed E-state index contributed by atoms with van der Waals surface area (Å²) in [6.07, 6.45) is 2.82. The number of benzene rings is 2. The summed E-state index contributed by atoms with van der Waals surface area (Å²) >= 11 is 12.0. The maximum absolute atomic E-state index is 12.6. The fourth-order valence-corrected chi connectivity index (χ4v) is 4.91. The lowest BCUT2D eigenvalue weighted by molar-refractivity contribution is -0.118. The lowest BCUT2D eigenvalue weighted by atomic mass is 10.2. The summed E-state index contributed by atoms with van der Waals surface area (Å²) < 4.78 is 32.2. The quantitative estimate of drug-likeness (QED) is 0.727. The van der Waals surface area contributed by atoms with Crippen LogP contribution in [0.15, 0.2) is 47.4 Å². The van der Waals surface area contributed by atoms with E-state index in [9.17, 15) is 13.2 Å². The number of sulfonamides is 1. The standard InChI is InChI=1S/C19H20Cl2N2O4S/c20-16-5-4-6-17(21)19(16)22-18(24)13-27-14-7-9-15(10-8-14)28(25,26)23-11-2-1-3-12-23/h4-10H,1-3,11-13H2,(H,22,24). The fourth-order valence-electron chi connectivity index (χ4n) is 2.90. The molecule has 28 heavy (non-hydrogen) atoms. The van der Waals surface area contributed by atoms with Crippen molar-refractivity contribution < 1.29 is 17.9 Å². The molecule has 150 valence electrons. The van der Waals surface area contributed by atoms with Crippen molar-refractivity contribution in [3.05, 3.63) is 52.5 Å². The summed E-state index contributed by atoms with van der Waals surface area (Å²) in [5.41, 5.74) is 0.322. The smallest absolute Gasteiger partial charge is 0.262 e. The van der Waals surface area contributed by atoms with E-state index in [1.165, 1.54) is 28.6 Å². The Morgan fingerprint density at radius 2 is 1.61 bits per heavy atom. The number of hydrogen-bond acceptors (Lipinski definition) is 4. The van der Waals surface area contributed by atoms with Gasteiger partial charge in [-0.25, -0.2) is 8.42 Å². The predicted octanol–water partition coefficient (Wildman–Crippen LogP) is 4.19. The predicted molar refractivity (Wildman–Crippen MR) is 110 cm³/mol. The molecule has 6 nitrogen and oxygen atoms in total. The number of para-hydroxylation sites is 1. The molecule has 1 N–H and O–H groups in total. The van der Waals surface area contributed by atoms with E-state index in [4.69, 9.17) is 27.9 Å². The molecule has 0 spiro atoms. The monoisotopic (exact) mass is 442 g/mol. The van der Waals surface area contributed by atoms with Crippen LogP contribution >= 0.6 is 23.2 Å². The molecule has 0 unspecified atom stereocenters. The number of nitrogens with one attached hydrogen (secondary N) is 1. The topological polar surface area (TPSA) is 75.7 Å². The number of piperidine rings is 1. The highest BCUT2D eigenvalue weighted by Gasteiger charge is 2.25. The molecule has 0 saturated carbocycles. The van der Waals surface area contributed by atoms with Gasteiger partial charge in [-0.2, -0.15) is 4.31 Å². The highest BCUT2D eigenvalue weighted by molar-refractivity contribution is 7.89. The SMILES string of the molecule is O=C(COc1ccc(S(=O)(=O)N2CCCCC2)cc1)Nc1c(Cl)cccc1Cl. The Balaban J connectivity index is 1.59. The van der Waals surface area contributed by atoms with Gasteiger partial charge in [0.2, 0.25) is 10.0 Å². The van der Waals surface area contributed by atoms with Crippen LogP contribution in [-0.4, -0.2) is 38.3 Å². The van der Waals surface area contributed by atoms with E-state index in [1.807, 2.05) is 0 Å². The summed E-state index contributed by atoms with van der Waals surface area (Å²) in [5, 5.41) is 3.25. The Hall–Kier alpha value is -1.80. The molecule has 1 aliphatic heterocycles. The molecule has 1 amide bonds. The lowest BCUT2D eigenvalue weighted by Gasteiger charge is -2.25. The van der Waals surface area contributed by atoms with Crippen LogP contribution in [0.3, 0.4) is 0 Å². The molecular formula is C19H20Cl2N2O4S. The average Bonchev–Trinajstić information content (AvgIpc) is 2.70. The maximum atomic E-state index is 12.6. The van der Waals surface area contributed by atoms with Crippen LogP contribution in [0, 0.1) is 0 Å². The molecule has 1 aliphatic rings. The molecule has 3 rings (SSSR count). The van der Waals surface area contributed by atoms with Crippen LogP contribution < -0.4 is 10.1 Å². The van der Waals surface area contributed by atoms with Gasteiger partial charge in [-0.15, -0.1) is 0 Å². The van der Waals surface area contributed by atoms with Gasteiger partial charge in [-0.05, 0) is 49.2 Å². The maximum Gasteiger partial charge on any atom is 0.262 e. The summed E-state index contributed by atoms with van der Waals surface area (Å²) in [4.78, 5) is 12.3. The first-order chi connectivity index (χ1) is 13.4. The van der Waals surface area contributed by atoms with Crippen molar-refractivity contribution in [3.8, 4) is 5.75 Å². The minimum atomic E-state index is -3.49.